The van der Waals surface area contributed by atoms with Gasteiger partial charge in [-0.25, -0.2) is 0 Å². The number of nitrogens with zero attached hydrogens (tertiary/aromatic N) is 5. The number of hydrogen-bond acceptors (Lipinski definition) is 5. The predicted molar refractivity (Wildman–Crippen MR) is 110 cm³/mol. The van der Waals surface area contributed by atoms with Crippen LogP contribution in [0.5, 0.6) is 0 Å². The summed E-state index contributed by atoms with van der Waals surface area (Å²) in [6, 6.07) is 16.2. The van der Waals surface area contributed by atoms with E-state index in [-0.39, 0.29) is 5.92 Å². The summed E-state index contributed by atoms with van der Waals surface area (Å²) in [7, 11) is 0. The summed E-state index contributed by atoms with van der Waals surface area (Å²) in [5, 5.41) is 17.7. The normalized spacial score (nSPS) is 15.4. The molecular formula is C22H18ClN5O. The van der Waals surface area contributed by atoms with Crippen LogP contribution in [0.4, 0.5) is 0 Å². The van der Waals surface area contributed by atoms with E-state index >= 15 is 0 Å². The molecule has 4 aromatic rings. The molecular weight excluding hydrogens is 386 g/mol. The first-order valence-corrected chi connectivity index (χ1v) is 9.76. The van der Waals surface area contributed by atoms with Crippen LogP contribution in [-0.4, -0.2) is 25.0 Å². The van der Waals surface area contributed by atoms with E-state index in [1.807, 2.05) is 43.3 Å². The van der Waals surface area contributed by atoms with Gasteiger partial charge in [-0.3, -0.25) is 4.57 Å². The molecule has 3 heterocycles. The maximum absolute atomic E-state index is 6.13. The van der Waals surface area contributed by atoms with Gasteiger partial charge in [-0.05, 0) is 36.3 Å². The summed E-state index contributed by atoms with van der Waals surface area (Å²) in [5.41, 5.74) is 4.37. The van der Waals surface area contributed by atoms with Gasteiger partial charge in [0.25, 0.3) is 0 Å². The monoisotopic (exact) mass is 403 g/mol. The van der Waals surface area contributed by atoms with Gasteiger partial charge in [0.15, 0.2) is 0 Å². The van der Waals surface area contributed by atoms with Crippen LogP contribution >= 0.6 is 11.6 Å². The summed E-state index contributed by atoms with van der Waals surface area (Å²) >= 11 is 6.13. The highest BCUT2D eigenvalue weighted by Gasteiger charge is 2.28. The first kappa shape index (κ1) is 17.8. The molecule has 0 radical (unpaired) electrons. The zero-order valence-corrected chi connectivity index (χ0v) is 16.8. The predicted octanol–water partition coefficient (Wildman–Crippen LogP) is 4.69. The van der Waals surface area contributed by atoms with Crippen LogP contribution in [-0.2, 0) is 6.42 Å². The lowest BCUT2D eigenvalue weighted by Gasteiger charge is -2.13. The number of aromatic nitrogens is 5. The highest BCUT2D eigenvalue weighted by atomic mass is 35.5. The smallest absolute Gasteiger partial charge is 0.217 e. The number of para-hydroxylation sites is 1. The molecule has 144 valence electrons. The molecule has 0 aliphatic carbocycles. The van der Waals surface area contributed by atoms with Gasteiger partial charge < -0.3 is 4.42 Å². The minimum absolute atomic E-state index is 0.0749. The Labute approximate surface area is 172 Å². The van der Waals surface area contributed by atoms with Gasteiger partial charge >= 0.3 is 0 Å². The number of benzene rings is 2. The molecule has 0 fully saturated rings. The largest absolute Gasteiger partial charge is 0.426 e. The van der Waals surface area contributed by atoms with Gasteiger partial charge in [-0.2, -0.15) is 0 Å². The number of allylic oxidation sites excluding steroid dienone is 1. The van der Waals surface area contributed by atoms with Crippen molar-refractivity contribution >= 4 is 17.2 Å². The van der Waals surface area contributed by atoms with Crippen molar-refractivity contribution in [2.75, 3.05) is 0 Å². The Balaban J connectivity index is 1.73. The molecule has 1 aliphatic rings. The van der Waals surface area contributed by atoms with Crippen LogP contribution in [0, 0.1) is 13.8 Å². The van der Waals surface area contributed by atoms with E-state index in [1.165, 1.54) is 0 Å². The van der Waals surface area contributed by atoms with Gasteiger partial charge in [-0.15, -0.1) is 20.4 Å². The second kappa shape index (κ2) is 6.97. The molecule has 2 aromatic carbocycles. The lowest BCUT2D eigenvalue weighted by atomic mass is 9.93. The zero-order chi connectivity index (χ0) is 20.0. The van der Waals surface area contributed by atoms with Gasteiger partial charge in [0, 0.05) is 29.8 Å². The molecule has 0 spiro atoms. The Kier molecular flexibility index (Phi) is 4.28. The van der Waals surface area contributed by atoms with Crippen LogP contribution in [0.25, 0.3) is 11.3 Å². The van der Waals surface area contributed by atoms with E-state index in [4.69, 9.17) is 16.0 Å². The quantitative estimate of drug-likeness (QED) is 0.496. The molecule has 0 N–H and O–H groups in total. The number of hydrogen-bond donors (Lipinski definition) is 0. The van der Waals surface area contributed by atoms with Gasteiger partial charge in [-0.1, -0.05) is 48.0 Å². The summed E-state index contributed by atoms with van der Waals surface area (Å²) in [6.45, 7) is 3.76. The van der Waals surface area contributed by atoms with E-state index in [9.17, 15) is 0 Å². The Morgan fingerprint density at radius 2 is 1.76 bits per heavy atom. The minimum Gasteiger partial charge on any atom is -0.426 e. The molecule has 0 amide bonds. The average Bonchev–Trinajstić information content (AvgIpc) is 3.27. The fraction of sp³-hybridized carbons (Fsp3) is 0.182. The molecule has 1 aliphatic heterocycles. The average molecular weight is 404 g/mol. The van der Waals surface area contributed by atoms with Crippen LogP contribution in [0.3, 0.4) is 0 Å². The van der Waals surface area contributed by atoms with Gasteiger partial charge in [0.05, 0.1) is 5.69 Å². The highest BCUT2D eigenvalue weighted by molar-refractivity contribution is 6.30. The van der Waals surface area contributed by atoms with Crippen molar-refractivity contribution in [1.82, 2.24) is 25.0 Å². The first-order chi connectivity index (χ1) is 14.1. The van der Waals surface area contributed by atoms with E-state index in [0.717, 1.165) is 34.0 Å². The number of aryl methyl sites for hydroxylation is 2. The molecule has 2 aromatic heterocycles. The Morgan fingerprint density at radius 3 is 2.52 bits per heavy atom. The van der Waals surface area contributed by atoms with Crippen molar-refractivity contribution in [3.05, 3.63) is 94.2 Å². The third-order valence-electron chi connectivity index (χ3n) is 5.10. The Hall–Kier alpha value is -3.25. The molecule has 6 nitrogen and oxygen atoms in total. The van der Waals surface area contributed by atoms with Crippen molar-refractivity contribution in [2.45, 2.75) is 26.2 Å². The van der Waals surface area contributed by atoms with Crippen LogP contribution < -0.4 is 0 Å². The molecule has 0 saturated carbocycles. The molecule has 7 heteroatoms. The summed E-state index contributed by atoms with van der Waals surface area (Å²) in [5.74, 6) is 2.75. The maximum Gasteiger partial charge on any atom is 0.217 e. The lowest BCUT2D eigenvalue weighted by molar-refractivity contribution is 0.457. The van der Waals surface area contributed by atoms with E-state index in [1.54, 1.807) is 6.92 Å². The Morgan fingerprint density at radius 1 is 0.966 bits per heavy atom. The Bertz CT molecular complexity index is 1220. The summed E-state index contributed by atoms with van der Waals surface area (Å²) < 4.78 is 7.77. The highest BCUT2D eigenvalue weighted by Crippen LogP contribution is 2.38. The third kappa shape index (κ3) is 3.15. The molecule has 1 atom stereocenters. The first-order valence-electron chi connectivity index (χ1n) is 9.38. The summed E-state index contributed by atoms with van der Waals surface area (Å²) in [4.78, 5) is 0. The van der Waals surface area contributed by atoms with E-state index < -0.39 is 0 Å². The fourth-order valence-electron chi connectivity index (χ4n) is 3.82. The van der Waals surface area contributed by atoms with Crippen LogP contribution in [0.1, 0.15) is 40.5 Å². The lowest BCUT2D eigenvalue weighted by Crippen LogP contribution is -2.09. The second-order valence-electron chi connectivity index (χ2n) is 7.07. The summed E-state index contributed by atoms with van der Waals surface area (Å²) in [6.07, 6.45) is 2.76. The molecule has 5 rings (SSSR count). The van der Waals surface area contributed by atoms with Gasteiger partial charge in [0.1, 0.15) is 11.6 Å². The van der Waals surface area contributed by atoms with E-state index in [2.05, 4.69) is 43.2 Å². The minimum atomic E-state index is -0.0749. The second-order valence-corrected chi connectivity index (χ2v) is 7.51. The van der Waals surface area contributed by atoms with Gasteiger partial charge in [0.2, 0.25) is 11.8 Å². The van der Waals surface area contributed by atoms with Crippen molar-refractivity contribution in [3.8, 4) is 5.69 Å². The topological polar surface area (TPSA) is 69.6 Å². The maximum atomic E-state index is 6.13. The van der Waals surface area contributed by atoms with E-state index in [0.29, 0.717) is 23.2 Å². The number of halogens is 1. The van der Waals surface area contributed by atoms with Crippen molar-refractivity contribution in [2.24, 2.45) is 0 Å². The fourth-order valence-corrected chi connectivity index (χ4v) is 3.94. The zero-order valence-electron chi connectivity index (χ0n) is 16.0. The van der Waals surface area contributed by atoms with Crippen molar-refractivity contribution in [1.29, 1.82) is 0 Å². The SMILES string of the molecule is Cc1nnc(C[C@@H]2C=C(c3ccc(Cl)cc3)c3ccccc3-n3c(C)nnc32)o1. The number of rotatable bonds is 3. The third-order valence-corrected chi connectivity index (χ3v) is 5.35. The standard InChI is InChI=1S/C22H18ClN5O/c1-13-24-27-22-16(12-21-26-25-14(2)29-21)11-19(15-7-9-17(23)10-8-15)18-5-3-4-6-20(18)28(13)22/h3-11,16H,12H2,1-2H3/t16-/m0/s1. The van der Waals surface area contributed by atoms with Crippen molar-refractivity contribution < 1.29 is 4.42 Å². The molecule has 29 heavy (non-hydrogen) atoms. The molecule has 0 saturated heterocycles. The van der Waals surface area contributed by atoms with Crippen molar-refractivity contribution in [3.63, 3.8) is 0 Å². The van der Waals surface area contributed by atoms with Crippen LogP contribution in [0.2, 0.25) is 5.02 Å². The van der Waals surface area contributed by atoms with Crippen LogP contribution in [0.15, 0.2) is 59.0 Å². The molecule has 0 unspecified atom stereocenters. The molecule has 0 bridgehead atoms. The number of fused-ring (bicyclic) bond motifs is 3.